The van der Waals surface area contributed by atoms with Crippen LogP contribution < -0.4 is 10.9 Å². The lowest BCUT2D eigenvalue weighted by Gasteiger charge is -2.11. The fraction of sp³-hybridized carbons (Fsp3) is 0.375. The third-order valence-corrected chi connectivity index (χ3v) is 5.82. The molecule has 0 unspecified atom stereocenters. The van der Waals surface area contributed by atoms with Gasteiger partial charge < -0.3 is 10.1 Å². The molecule has 0 spiro atoms. The van der Waals surface area contributed by atoms with Gasteiger partial charge >= 0.3 is 5.97 Å². The Bertz CT molecular complexity index is 1010. The van der Waals surface area contributed by atoms with Crippen LogP contribution in [-0.2, 0) is 30.6 Å². The van der Waals surface area contributed by atoms with Crippen LogP contribution in [0.1, 0.15) is 12.1 Å². The van der Waals surface area contributed by atoms with E-state index in [2.05, 4.69) is 15.5 Å². The molecule has 1 atom stereocenters. The van der Waals surface area contributed by atoms with E-state index >= 15 is 0 Å². The number of sulfone groups is 1. The molecule has 0 radical (unpaired) electrons. The minimum atomic E-state index is -3.10. The van der Waals surface area contributed by atoms with Gasteiger partial charge in [0.05, 0.1) is 29.0 Å². The number of H-pyrrole nitrogens is 1. The van der Waals surface area contributed by atoms with E-state index in [9.17, 15) is 22.8 Å². The van der Waals surface area contributed by atoms with Crippen LogP contribution in [0.15, 0.2) is 29.1 Å². The molecule has 9 nitrogen and oxygen atoms in total. The van der Waals surface area contributed by atoms with Crippen LogP contribution >= 0.6 is 0 Å². The number of hydrogen-bond acceptors (Lipinski definition) is 7. The highest BCUT2D eigenvalue weighted by molar-refractivity contribution is 7.91. The average molecular weight is 379 g/mol. The molecule has 1 aliphatic rings. The number of fused-ring (bicyclic) bond motifs is 1. The Balaban J connectivity index is 1.56. The first kappa shape index (κ1) is 18.1. The fourth-order valence-electron chi connectivity index (χ4n) is 2.82. The summed E-state index contributed by atoms with van der Waals surface area (Å²) in [5.74, 6) is -1.29. The maximum Gasteiger partial charge on any atom is 0.312 e. The van der Waals surface area contributed by atoms with E-state index in [1.165, 1.54) is 0 Å². The van der Waals surface area contributed by atoms with Crippen LogP contribution in [0.3, 0.4) is 0 Å². The molecule has 2 aromatic rings. The molecule has 1 aromatic carbocycles. The summed E-state index contributed by atoms with van der Waals surface area (Å²) in [6, 6.07) is 6.27. The summed E-state index contributed by atoms with van der Waals surface area (Å²) in [6.45, 7) is -0.503. The Kier molecular flexibility index (Phi) is 5.03. The van der Waals surface area contributed by atoms with Crippen LogP contribution in [0.4, 0.5) is 0 Å². The van der Waals surface area contributed by atoms with E-state index in [1.807, 2.05) is 0 Å². The van der Waals surface area contributed by atoms with Crippen LogP contribution in [0.2, 0.25) is 0 Å². The number of amides is 1. The largest absolute Gasteiger partial charge is 0.455 e. The van der Waals surface area contributed by atoms with Crippen LogP contribution in [0, 0.1) is 0 Å². The minimum absolute atomic E-state index is 0.0443. The third kappa shape index (κ3) is 4.26. The number of carbonyl (C=O) groups excluding carboxylic acids is 2. The zero-order chi connectivity index (χ0) is 18.7. The van der Waals surface area contributed by atoms with Gasteiger partial charge in [-0.1, -0.05) is 18.2 Å². The number of hydrogen-bond donors (Lipinski definition) is 2. The number of ether oxygens (including phenoxy) is 1. The molecule has 2 N–H and O–H groups in total. The molecule has 0 aliphatic carbocycles. The zero-order valence-corrected chi connectivity index (χ0v) is 14.5. The SMILES string of the molecule is O=C(COC(=O)Cc1n[nH]c(=O)c2ccccc12)N[C@H]1CCS(=O)(=O)C1. The second-order valence-corrected chi connectivity index (χ2v) is 8.28. The molecule has 1 amide bonds. The van der Waals surface area contributed by atoms with Crippen LogP contribution in [0.5, 0.6) is 0 Å². The Hall–Kier alpha value is -2.75. The first-order valence-corrected chi connectivity index (χ1v) is 9.78. The molecule has 1 fully saturated rings. The van der Waals surface area contributed by atoms with Crippen molar-refractivity contribution < 1.29 is 22.7 Å². The van der Waals surface area contributed by atoms with Gasteiger partial charge in [-0.25, -0.2) is 13.5 Å². The average Bonchev–Trinajstić information content (AvgIpc) is 2.94. The summed E-state index contributed by atoms with van der Waals surface area (Å²) in [5, 5.41) is 9.66. The number of rotatable bonds is 5. The molecule has 1 saturated heterocycles. The summed E-state index contributed by atoms with van der Waals surface area (Å²) in [6.07, 6.45) is 0.150. The zero-order valence-electron chi connectivity index (χ0n) is 13.7. The van der Waals surface area contributed by atoms with E-state index in [4.69, 9.17) is 4.74 Å². The Morgan fingerprint density at radius 3 is 2.69 bits per heavy atom. The monoisotopic (exact) mass is 379 g/mol. The molecule has 26 heavy (non-hydrogen) atoms. The Labute approximate surface area is 148 Å². The molecule has 0 bridgehead atoms. The second-order valence-electron chi connectivity index (χ2n) is 6.05. The molecular formula is C16H17N3O6S. The van der Waals surface area contributed by atoms with Gasteiger partial charge in [0.25, 0.3) is 11.5 Å². The van der Waals surface area contributed by atoms with Crippen molar-refractivity contribution in [3.8, 4) is 0 Å². The lowest BCUT2D eigenvalue weighted by molar-refractivity contribution is -0.148. The quantitative estimate of drug-likeness (QED) is 0.657. The maximum atomic E-state index is 12.0. The van der Waals surface area contributed by atoms with Crippen molar-refractivity contribution in [2.75, 3.05) is 18.1 Å². The standard InChI is InChI=1S/C16H17N3O6S/c20-14(17-10-5-6-26(23,24)9-10)8-25-15(21)7-13-11-3-1-2-4-12(11)16(22)19-18-13/h1-4,10H,5-9H2,(H,17,20)(H,19,22)/t10-/m0/s1. The molecule has 1 aliphatic heterocycles. The van der Waals surface area contributed by atoms with Gasteiger partial charge in [-0.05, 0) is 12.5 Å². The number of nitrogens with zero attached hydrogens (tertiary/aromatic N) is 1. The van der Waals surface area contributed by atoms with Crippen molar-refractivity contribution in [1.82, 2.24) is 15.5 Å². The Morgan fingerprint density at radius 1 is 1.27 bits per heavy atom. The van der Waals surface area contributed by atoms with Crippen molar-refractivity contribution in [3.63, 3.8) is 0 Å². The second kappa shape index (κ2) is 7.24. The first-order valence-electron chi connectivity index (χ1n) is 7.96. The summed E-state index contributed by atoms with van der Waals surface area (Å²) in [4.78, 5) is 35.4. The molecule has 1 aromatic heterocycles. The van der Waals surface area contributed by atoms with E-state index in [1.54, 1.807) is 24.3 Å². The normalized spacial score (nSPS) is 18.5. The summed E-state index contributed by atoms with van der Waals surface area (Å²) in [5.41, 5.74) is -0.0175. The van der Waals surface area contributed by atoms with Gasteiger partial charge in [-0.15, -0.1) is 0 Å². The predicted molar refractivity (Wildman–Crippen MR) is 92.2 cm³/mol. The van der Waals surface area contributed by atoms with Gasteiger partial charge in [0.2, 0.25) is 0 Å². The number of nitrogens with one attached hydrogen (secondary N) is 2. The molecule has 0 saturated carbocycles. The number of aromatic amines is 1. The van der Waals surface area contributed by atoms with Gasteiger partial charge in [0, 0.05) is 11.4 Å². The van der Waals surface area contributed by atoms with E-state index in [0.29, 0.717) is 22.9 Å². The minimum Gasteiger partial charge on any atom is -0.455 e. The van der Waals surface area contributed by atoms with Gasteiger partial charge in [0.15, 0.2) is 16.4 Å². The summed E-state index contributed by atoms with van der Waals surface area (Å²) < 4.78 is 27.6. The van der Waals surface area contributed by atoms with Crippen molar-refractivity contribution in [2.45, 2.75) is 18.9 Å². The molecule has 138 valence electrons. The highest BCUT2D eigenvalue weighted by atomic mass is 32.2. The highest BCUT2D eigenvalue weighted by Gasteiger charge is 2.29. The fourth-order valence-corrected chi connectivity index (χ4v) is 4.49. The van der Waals surface area contributed by atoms with E-state index < -0.39 is 34.4 Å². The van der Waals surface area contributed by atoms with Crippen molar-refractivity contribution in [2.24, 2.45) is 0 Å². The smallest absolute Gasteiger partial charge is 0.312 e. The van der Waals surface area contributed by atoms with Gasteiger partial charge in [-0.3, -0.25) is 14.4 Å². The predicted octanol–water partition coefficient (Wildman–Crippen LogP) is -0.688. The van der Waals surface area contributed by atoms with Gasteiger partial charge in [0.1, 0.15) is 0 Å². The van der Waals surface area contributed by atoms with E-state index in [0.717, 1.165) is 0 Å². The van der Waals surface area contributed by atoms with Crippen molar-refractivity contribution >= 4 is 32.5 Å². The number of esters is 1. The Morgan fingerprint density at radius 2 is 2.00 bits per heavy atom. The highest BCUT2D eigenvalue weighted by Crippen LogP contribution is 2.13. The molecule has 10 heteroatoms. The maximum absolute atomic E-state index is 12.0. The molecule has 3 rings (SSSR count). The number of carbonyl (C=O) groups is 2. The number of benzene rings is 1. The lowest BCUT2D eigenvalue weighted by atomic mass is 10.1. The lowest BCUT2D eigenvalue weighted by Crippen LogP contribution is -2.38. The van der Waals surface area contributed by atoms with Gasteiger partial charge in [-0.2, -0.15) is 5.10 Å². The summed E-state index contributed by atoms with van der Waals surface area (Å²) in [7, 11) is -3.10. The molecule has 2 heterocycles. The van der Waals surface area contributed by atoms with Crippen LogP contribution in [0.25, 0.3) is 10.8 Å². The number of aromatic nitrogens is 2. The third-order valence-electron chi connectivity index (χ3n) is 4.05. The van der Waals surface area contributed by atoms with Crippen molar-refractivity contribution in [1.29, 1.82) is 0 Å². The topological polar surface area (TPSA) is 135 Å². The summed E-state index contributed by atoms with van der Waals surface area (Å²) >= 11 is 0. The van der Waals surface area contributed by atoms with Crippen molar-refractivity contribution in [3.05, 3.63) is 40.3 Å². The molecular weight excluding hydrogens is 362 g/mol. The van der Waals surface area contributed by atoms with Crippen LogP contribution in [-0.4, -0.2) is 54.6 Å². The van der Waals surface area contributed by atoms with E-state index in [-0.39, 0.29) is 23.5 Å². The first-order chi connectivity index (χ1) is 12.3.